The molecule has 1 aliphatic heterocycles. The van der Waals surface area contributed by atoms with Gasteiger partial charge in [-0.05, 0) is 30.7 Å². The summed E-state index contributed by atoms with van der Waals surface area (Å²) < 4.78 is 32.8. The van der Waals surface area contributed by atoms with Gasteiger partial charge in [-0.2, -0.15) is 0 Å². The molecule has 17 heteroatoms. The van der Waals surface area contributed by atoms with E-state index in [2.05, 4.69) is 15.3 Å². The smallest absolute Gasteiger partial charge is 0.303 e. The third kappa shape index (κ3) is 18.3. The topological polar surface area (TPSA) is 245 Å². The summed E-state index contributed by atoms with van der Waals surface area (Å²) in [5.74, 6) is -6.02. The minimum atomic E-state index is -1.18. The van der Waals surface area contributed by atoms with Crippen molar-refractivity contribution in [1.29, 1.82) is 0 Å². The Morgan fingerprint density at radius 3 is 1.84 bits per heavy atom. The molecule has 1 rings (SSSR count). The zero-order chi connectivity index (χ0) is 31.9. The number of carboxylic acids is 3. The number of nitrogens with one attached hydrogen (secondary N) is 1. The zero-order valence-corrected chi connectivity index (χ0v) is 24.5. The predicted octanol–water partition coefficient (Wildman–Crippen LogP) is 1.29. The van der Waals surface area contributed by atoms with E-state index in [0.717, 1.165) is 0 Å². The molecule has 1 fully saturated rings. The Morgan fingerprint density at radius 2 is 1.28 bits per heavy atom. The average molecular weight is 621 g/mol. The van der Waals surface area contributed by atoms with Gasteiger partial charge < -0.3 is 49.1 Å². The Hall–Kier alpha value is -3.05. The number of rotatable bonds is 26. The van der Waals surface area contributed by atoms with E-state index in [9.17, 15) is 34.5 Å². The molecule has 4 N–H and O–H groups in total. The average Bonchev–Trinajstić information content (AvgIpc) is 2.94. The number of aliphatic carboxylic acids is 3. The third-order valence-corrected chi connectivity index (χ3v) is 6.55. The molecule has 0 radical (unpaired) electrons. The van der Waals surface area contributed by atoms with Gasteiger partial charge in [0, 0.05) is 36.8 Å². The van der Waals surface area contributed by atoms with E-state index in [0.29, 0.717) is 65.8 Å². The molecule has 0 aromatic carbocycles. The Morgan fingerprint density at radius 1 is 0.767 bits per heavy atom. The predicted molar refractivity (Wildman–Crippen MR) is 147 cm³/mol. The summed E-state index contributed by atoms with van der Waals surface area (Å²) in [5.41, 5.74) is 8.13. The van der Waals surface area contributed by atoms with Crippen molar-refractivity contribution in [2.75, 3.05) is 72.6 Å². The first kappa shape index (κ1) is 38.0. The number of carboxylic acid groups (broad SMARTS) is 3. The number of ether oxygens (including phenoxy) is 6. The second kappa shape index (κ2) is 23.4. The lowest BCUT2D eigenvalue weighted by Crippen LogP contribution is -2.49. The van der Waals surface area contributed by atoms with Gasteiger partial charge in [0.1, 0.15) is 0 Å². The van der Waals surface area contributed by atoms with Crippen LogP contribution in [0.4, 0.5) is 0 Å². The summed E-state index contributed by atoms with van der Waals surface area (Å²) >= 11 is 0. The van der Waals surface area contributed by atoms with Gasteiger partial charge in [0.25, 0.3) is 0 Å². The molecular formula is C26H44N4O13. The summed E-state index contributed by atoms with van der Waals surface area (Å²) in [6, 6.07) is 0. The van der Waals surface area contributed by atoms with Crippen LogP contribution in [0, 0.1) is 17.8 Å². The van der Waals surface area contributed by atoms with Gasteiger partial charge in [0.2, 0.25) is 5.91 Å². The van der Waals surface area contributed by atoms with Crippen molar-refractivity contribution in [3.8, 4) is 0 Å². The van der Waals surface area contributed by atoms with Gasteiger partial charge in [-0.3, -0.25) is 19.2 Å². The normalized spacial score (nSPS) is 21.6. The van der Waals surface area contributed by atoms with Gasteiger partial charge in [-0.15, -0.1) is 0 Å². The fraction of sp³-hybridized carbons (Fsp3) is 0.846. The van der Waals surface area contributed by atoms with Gasteiger partial charge >= 0.3 is 17.9 Å². The highest BCUT2D eigenvalue weighted by atomic mass is 16.7. The molecule has 1 aliphatic rings. The molecule has 17 nitrogen and oxygen atoms in total. The number of hydrogen-bond donors (Lipinski definition) is 4. The van der Waals surface area contributed by atoms with E-state index in [1.807, 2.05) is 0 Å². The maximum absolute atomic E-state index is 12.1. The Labute approximate surface area is 249 Å². The van der Waals surface area contributed by atoms with Gasteiger partial charge in [-0.25, -0.2) is 0 Å². The minimum Gasteiger partial charge on any atom is -0.481 e. The van der Waals surface area contributed by atoms with Crippen LogP contribution < -0.4 is 5.32 Å². The van der Waals surface area contributed by atoms with Crippen molar-refractivity contribution in [1.82, 2.24) is 5.32 Å². The first-order valence-corrected chi connectivity index (χ1v) is 14.2. The summed E-state index contributed by atoms with van der Waals surface area (Å²) in [7, 11) is 0. The Bertz CT molecular complexity index is 887. The van der Waals surface area contributed by atoms with Crippen molar-refractivity contribution in [2.45, 2.75) is 51.4 Å². The third-order valence-electron chi connectivity index (χ3n) is 6.55. The van der Waals surface area contributed by atoms with E-state index in [1.54, 1.807) is 6.92 Å². The Balaban J connectivity index is 2.21. The molecule has 5 atom stereocenters. The highest BCUT2D eigenvalue weighted by molar-refractivity contribution is 5.75. The summed E-state index contributed by atoms with van der Waals surface area (Å²) in [6.07, 6.45) is -2.47. The molecule has 0 saturated carbocycles. The van der Waals surface area contributed by atoms with Crippen LogP contribution in [0.15, 0.2) is 5.11 Å². The summed E-state index contributed by atoms with van der Waals surface area (Å²) in [4.78, 5) is 49.0. The van der Waals surface area contributed by atoms with Crippen LogP contribution in [0.5, 0.6) is 0 Å². The monoisotopic (exact) mass is 620 g/mol. The largest absolute Gasteiger partial charge is 0.481 e. The Kier molecular flexibility index (Phi) is 20.7. The van der Waals surface area contributed by atoms with Gasteiger partial charge in [-0.1, -0.05) is 5.11 Å². The number of carbonyl (C=O) groups excluding carboxylic acids is 1. The highest BCUT2D eigenvalue weighted by Crippen LogP contribution is 2.41. The second-order valence-corrected chi connectivity index (χ2v) is 9.72. The molecular weight excluding hydrogens is 576 g/mol. The molecule has 1 heterocycles. The lowest BCUT2D eigenvalue weighted by molar-refractivity contribution is -0.255. The minimum absolute atomic E-state index is 0.0618. The number of nitrogens with zero attached hydrogens (tertiary/aromatic N) is 3. The van der Waals surface area contributed by atoms with E-state index >= 15 is 0 Å². The van der Waals surface area contributed by atoms with Crippen LogP contribution in [0.2, 0.25) is 0 Å². The highest BCUT2D eigenvalue weighted by Gasteiger charge is 2.46. The number of carbonyl (C=O) groups is 4. The molecule has 1 saturated heterocycles. The summed E-state index contributed by atoms with van der Waals surface area (Å²) in [5, 5.41) is 34.1. The SMILES string of the molecule is C[C@@H]1O[C@@H](OCCCC(=O)NCCOCCOCCOCCOCCN=[N+]=[N-])[C@H](CC(=O)O)[C@H](CC(=O)O)[C@@H]1CC(=O)O. The van der Waals surface area contributed by atoms with Gasteiger partial charge in [0.15, 0.2) is 6.29 Å². The number of amides is 1. The van der Waals surface area contributed by atoms with Crippen LogP contribution in [0.25, 0.3) is 10.4 Å². The van der Waals surface area contributed by atoms with Crippen LogP contribution in [0.1, 0.15) is 39.0 Å². The number of hydrogen-bond acceptors (Lipinski definition) is 11. The first-order chi connectivity index (χ1) is 20.6. The van der Waals surface area contributed by atoms with E-state index in [4.69, 9.17) is 34.0 Å². The van der Waals surface area contributed by atoms with Crippen molar-refractivity contribution < 1.29 is 62.9 Å². The molecule has 0 aliphatic carbocycles. The van der Waals surface area contributed by atoms with Crippen molar-refractivity contribution >= 4 is 23.8 Å². The molecule has 1 amide bonds. The quantitative estimate of drug-likeness (QED) is 0.0461. The molecule has 0 spiro atoms. The van der Waals surface area contributed by atoms with Crippen LogP contribution in [-0.4, -0.2) is 124 Å². The van der Waals surface area contributed by atoms with Crippen molar-refractivity contribution in [3.63, 3.8) is 0 Å². The molecule has 0 bridgehead atoms. The lowest BCUT2D eigenvalue weighted by Gasteiger charge is -2.45. The van der Waals surface area contributed by atoms with Gasteiger partial charge in [0.05, 0.1) is 78.4 Å². The number of azide groups is 1. The van der Waals surface area contributed by atoms with Crippen LogP contribution in [-0.2, 0) is 47.6 Å². The fourth-order valence-corrected chi connectivity index (χ4v) is 4.61. The summed E-state index contributed by atoms with van der Waals surface area (Å²) in [6.45, 7) is 5.22. The van der Waals surface area contributed by atoms with E-state index in [-0.39, 0.29) is 31.9 Å². The second-order valence-electron chi connectivity index (χ2n) is 9.72. The standard InChI is InChI=1S/C26H44N4O13/c1-18-19(15-23(32)33)20(16-24(34)35)21(17-25(36)37)26(43-18)42-6-2-3-22(31)28-4-7-38-9-11-40-13-14-41-12-10-39-8-5-29-30-27/h18-21,26H,2-17H2,1H3,(H,28,31)(H,32,33)(H,34,35)(H,36,37)/t18-,19+,20+,21+,26+/m0/s1. The first-order valence-electron chi connectivity index (χ1n) is 14.2. The van der Waals surface area contributed by atoms with Crippen molar-refractivity contribution in [2.24, 2.45) is 22.9 Å². The molecule has 0 unspecified atom stereocenters. The van der Waals surface area contributed by atoms with E-state index < -0.39 is 60.9 Å². The molecule has 0 aromatic heterocycles. The maximum Gasteiger partial charge on any atom is 0.303 e. The van der Waals surface area contributed by atoms with Crippen LogP contribution in [0.3, 0.4) is 0 Å². The van der Waals surface area contributed by atoms with Crippen molar-refractivity contribution in [3.05, 3.63) is 10.4 Å². The van der Waals surface area contributed by atoms with E-state index in [1.165, 1.54) is 0 Å². The molecule has 0 aromatic rings. The molecule has 43 heavy (non-hydrogen) atoms. The maximum atomic E-state index is 12.1. The van der Waals surface area contributed by atoms with Crippen LogP contribution >= 0.6 is 0 Å². The zero-order valence-electron chi connectivity index (χ0n) is 24.5. The molecule has 246 valence electrons. The fourth-order valence-electron chi connectivity index (χ4n) is 4.61. The lowest BCUT2D eigenvalue weighted by atomic mass is 9.71.